The molecule has 0 spiro atoms. The van der Waals surface area contributed by atoms with Crippen LogP contribution in [0.5, 0.6) is 5.75 Å². The minimum absolute atomic E-state index is 0.107. The molecule has 2 heterocycles. The molecule has 1 aromatic carbocycles. The maximum absolute atomic E-state index is 12.6. The number of thiazole rings is 1. The van der Waals surface area contributed by atoms with E-state index in [1.807, 2.05) is 40.7 Å². The van der Waals surface area contributed by atoms with Crippen LogP contribution >= 0.6 is 11.3 Å². The predicted octanol–water partition coefficient (Wildman–Crippen LogP) is 3.27. The number of amides is 1. The van der Waals surface area contributed by atoms with E-state index in [1.165, 1.54) is 5.01 Å². The summed E-state index contributed by atoms with van der Waals surface area (Å²) in [7, 11) is 1.64. The van der Waals surface area contributed by atoms with Crippen LogP contribution in [0.1, 0.15) is 30.3 Å². The van der Waals surface area contributed by atoms with E-state index < -0.39 is 0 Å². The Morgan fingerprint density at radius 3 is 2.74 bits per heavy atom. The smallest absolute Gasteiger partial charge is 0.227 e. The molecular weight excluding hydrogens is 308 g/mol. The monoisotopic (exact) mass is 330 g/mol. The molecule has 0 unspecified atom stereocenters. The fraction of sp³-hybridized carbons (Fsp3) is 0.444. The maximum atomic E-state index is 12.6. The van der Waals surface area contributed by atoms with Gasteiger partial charge in [0.2, 0.25) is 5.91 Å². The number of methoxy groups -OCH3 is 1. The molecular formula is C18H22N2O2S. The van der Waals surface area contributed by atoms with Gasteiger partial charge < -0.3 is 9.64 Å². The summed E-state index contributed by atoms with van der Waals surface area (Å²) in [5.74, 6) is 0.959. The molecule has 0 bridgehead atoms. The van der Waals surface area contributed by atoms with E-state index in [0.717, 1.165) is 37.2 Å². The number of piperidine rings is 1. The van der Waals surface area contributed by atoms with Crippen LogP contribution in [0.25, 0.3) is 0 Å². The van der Waals surface area contributed by atoms with Crippen molar-refractivity contribution in [2.45, 2.75) is 31.6 Å². The molecule has 1 saturated heterocycles. The van der Waals surface area contributed by atoms with E-state index in [1.54, 1.807) is 18.4 Å². The van der Waals surface area contributed by atoms with Gasteiger partial charge in [0.25, 0.3) is 0 Å². The Bertz CT molecular complexity index is 661. The molecule has 1 amide bonds. The lowest BCUT2D eigenvalue weighted by atomic mass is 9.81. The first-order chi connectivity index (χ1) is 11.1. The summed E-state index contributed by atoms with van der Waals surface area (Å²) in [6.07, 6.45) is 4.21. The number of carbonyl (C=O) groups is 1. The van der Waals surface area contributed by atoms with Gasteiger partial charge in [0.15, 0.2) is 0 Å². The summed E-state index contributed by atoms with van der Waals surface area (Å²) in [6, 6.07) is 7.73. The van der Waals surface area contributed by atoms with Crippen molar-refractivity contribution in [2.24, 2.45) is 0 Å². The van der Waals surface area contributed by atoms with E-state index in [-0.39, 0.29) is 11.3 Å². The minimum atomic E-state index is 0.107. The zero-order valence-corrected chi connectivity index (χ0v) is 14.4. The summed E-state index contributed by atoms with van der Waals surface area (Å²) in [4.78, 5) is 19.0. The third-order valence-corrected chi connectivity index (χ3v) is 5.78. The number of hydrogen-bond donors (Lipinski definition) is 0. The second kappa shape index (κ2) is 6.71. The largest absolute Gasteiger partial charge is 0.496 e. The average molecular weight is 330 g/mol. The van der Waals surface area contributed by atoms with Gasteiger partial charge in [-0.15, -0.1) is 11.3 Å². The third kappa shape index (κ3) is 3.39. The van der Waals surface area contributed by atoms with Crippen molar-refractivity contribution in [1.29, 1.82) is 0 Å². The number of likely N-dealkylation sites (tertiary alicyclic amines) is 1. The summed E-state index contributed by atoms with van der Waals surface area (Å²) >= 11 is 1.71. The van der Waals surface area contributed by atoms with Crippen molar-refractivity contribution in [3.63, 3.8) is 0 Å². The highest BCUT2D eigenvalue weighted by atomic mass is 32.1. The molecule has 1 aliphatic heterocycles. The van der Waals surface area contributed by atoms with Crippen molar-refractivity contribution in [3.05, 3.63) is 46.4 Å². The molecule has 5 heteroatoms. The molecule has 1 aliphatic rings. The van der Waals surface area contributed by atoms with Gasteiger partial charge >= 0.3 is 0 Å². The van der Waals surface area contributed by atoms with Crippen LogP contribution in [0, 0.1) is 0 Å². The SMILES string of the molecule is COc1ccccc1CC(=O)N1CCC(C)(c2nccs2)CC1. The quantitative estimate of drug-likeness (QED) is 0.864. The van der Waals surface area contributed by atoms with Crippen LogP contribution < -0.4 is 4.74 Å². The second-order valence-corrected chi connectivity index (χ2v) is 7.16. The van der Waals surface area contributed by atoms with Crippen molar-refractivity contribution in [3.8, 4) is 5.75 Å². The minimum Gasteiger partial charge on any atom is -0.496 e. The van der Waals surface area contributed by atoms with Gasteiger partial charge in [0.1, 0.15) is 5.75 Å². The first-order valence-electron chi connectivity index (χ1n) is 7.92. The van der Waals surface area contributed by atoms with E-state index in [0.29, 0.717) is 6.42 Å². The van der Waals surface area contributed by atoms with Crippen LogP contribution in [-0.2, 0) is 16.6 Å². The Morgan fingerprint density at radius 2 is 2.09 bits per heavy atom. The van der Waals surface area contributed by atoms with E-state index in [2.05, 4.69) is 11.9 Å². The van der Waals surface area contributed by atoms with Gasteiger partial charge in [-0.05, 0) is 18.9 Å². The van der Waals surface area contributed by atoms with Gasteiger partial charge in [-0.2, -0.15) is 0 Å². The van der Waals surface area contributed by atoms with E-state index in [9.17, 15) is 4.79 Å². The molecule has 23 heavy (non-hydrogen) atoms. The number of aromatic nitrogens is 1. The lowest BCUT2D eigenvalue weighted by Crippen LogP contribution is -2.44. The van der Waals surface area contributed by atoms with Crippen molar-refractivity contribution in [1.82, 2.24) is 9.88 Å². The summed E-state index contributed by atoms with van der Waals surface area (Å²) in [5.41, 5.74) is 1.06. The number of benzene rings is 1. The van der Waals surface area contributed by atoms with E-state index >= 15 is 0 Å². The van der Waals surface area contributed by atoms with Crippen LogP contribution in [0.2, 0.25) is 0 Å². The molecule has 4 nitrogen and oxygen atoms in total. The number of hydrogen-bond acceptors (Lipinski definition) is 4. The van der Waals surface area contributed by atoms with E-state index in [4.69, 9.17) is 4.74 Å². The topological polar surface area (TPSA) is 42.4 Å². The highest BCUT2D eigenvalue weighted by Gasteiger charge is 2.35. The Hall–Kier alpha value is -1.88. The highest BCUT2D eigenvalue weighted by Crippen LogP contribution is 2.36. The number of carbonyl (C=O) groups excluding carboxylic acids is 1. The molecule has 0 N–H and O–H groups in total. The van der Waals surface area contributed by atoms with Crippen molar-refractivity contribution < 1.29 is 9.53 Å². The van der Waals surface area contributed by atoms with Gasteiger partial charge in [-0.1, -0.05) is 25.1 Å². The van der Waals surface area contributed by atoms with Crippen molar-refractivity contribution >= 4 is 17.2 Å². The Balaban J connectivity index is 1.62. The van der Waals surface area contributed by atoms with Gasteiger partial charge in [-0.3, -0.25) is 4.79 Å². The lowest BCUT2D eigenvalue weighted by Gasteiger charge is -2.38. The standard InChI is InChI=1S/C18H22N2O2S/c1-18(17-19-9-12-23-17)7-10-20(11-8-18)16(21)13-14-5-3-4-6-15(14)22-2/h3-6,9,12H,7-8,10-11,13H2,1-2H3. The Labute approximate surface area is 141 Å². The zero-order chi connectivity index (χ0) is 16.3. The fourth-order valence-corrected chi connectivity index (χ4v) is 3.97. The molecule has 0 atom stereocenters. The van der Waals surface area contributed by atoms with Crippen molar-refractivity contribution in [2.75, 3.05) is 20.2 Å². The first-order valence-corrected chi connectivity index (χ1v) is 8.80. The molecule has 1 aromatic heterocycles. The second-order valence-electron chi connectivity index (χ2n) is 6.27. The number of nitrogens with zero attached hydrogens (tertiary/aromatic N) is 2. The molecule has 0 radical (unpaired) electrons. The Kier molecular flexibility index (Phi) is 4.66. The molecule has 2 aromatic rings. The molecule has 0 saturated carbocycles. The Morgan fingerprint density at radius 1 is 1.35 bits per heavy atom. The van der Waals surface area contributed by atoms with Gasteiger partial charge in [0.05, 0.1) is 18.5 Å². The number of ether oxygens (including phenoxy) is 1. The average Bonchev–Trinajstić information content (AvgIpc) is 3.11. The zero-order valence-electron chi connectivity index (χ0n) is 13.6. The normalized spacial score (nSPS) is 17.0. The molecule has 0 aliphatic carbocycles. The van der Waals surface area contributed by atoms with Crippen LogP contribution in [0.15, 0.2) is 35.8 Å². The van der Waals surface area contributed by atoms with Crippen LogP contribution in [0.3, 0.4) is 0 Å². The number of para-hydroxylation sites is 1. The lowest BCUT2D eigenvalue weighted by molar-refractivity contribution is -0.132. The maximum Gasteiger partial charge on any atom is 0.227 e. The molecule has 3 rings (SSSR count). The van der Waals surface area contributed by atoms with Gasteiger partial charge in [-0.25, -0.2) is 4.98 Å². The van der Waals surface area contributed by atoms with Crippen LogP contribution in [-0.4, -0.2) is 36.0 Å². The number of rotatable bonds is 4. The summed E-state index contributed by atoms with van der Waals surface area (Å²) in [6.45, 7) is 3.85. The predicted molar refractivity (Wildman–Crippen MR) is 92.0 cm³/mol. The first kappa shape index (κ1) is 16.0. The fourth-order valence-electron chi connectivity index (χ4n) is 3.11. The van der Waals surface area contributed by atoms with Gasteiger partial charge in [0, 0.05) is 35.6 Å². The highest BCUT2D eigenvalue weighted by molar-refractivity contribution is 7.09. The third-order valence-electron chi connectivity index (χ3n) is 4.70. The molecule has 1 fully saturated rings. The van der Waals surface area contributed by atoms with Crippen LogP contribution in [0.4, 0.5) is 0 Å². The summed E-state index contributed by atoms with van der Waals surface area (Å²) in [5, 5.41) is 3.22. The molecule has 122 valence electrons. The summed E-state index contributed by atoms with van der Waals surface area (Å²) < 4.78 is 5.34.